The molecule has 1 heterocycles. The summed E-state index contributed by atoms with van der Waals surface area (Å²) in [6, 6.07) is 16.1. The molecule has 0 fully saturated rings. The maximum atomic E-state index is 12.3. The molecule has 0 radical (unpaired) electrons. The Hall–Kier alpha value is -2.60. The molecule has 5 nitrogen and oxygen atoms in total. The van der Waals surface area contributed by atoms with E-state index in [1.54, 1.807) is 0 Å². The second-order valence-electron chi connectivity index (χ2n) is 6.24. The summed E-state index contributed by atoms with van der Waals surface area (Å²) in [4.78, 5) is 12.3. The fraction of sp³-hybridized carbons (Fsp3) is 0.250. The number of carbonyl (C=O) groups is 1. The van der Waals surface area contributed by atoms with Gasteiger partial charge in [-0.3, -0.25) is 4.79 Å². The first-order valence-electron chi connectivity index (χ1n) is 8.46. The van der Waals surface area contributed by atoms with Gasteiger partial charge in [-0.1, -0.05) is 48.2 Å². The highest BCUT2D eigenvalue weighted by Gasteiger charge is 2.12. The van der Waals surface area contributed by atoms with Crippen molar-refractivity contribution in [3.8, 4) is 0 Å². The largest absolute Gasteiger partial charge is 0.325 e. The number of nitrogens with one attached hydrogen (secondary N) is 1. The van der Waals surface area contributed by atoms with Crippen LogP contribution in [0.25, 0.3) is 0 Å². The van der Waals surface area contributed by atoms with Crippen molar-refractivity contribution in [1.82, 2.24) is 14.8 Å². The molecular weight excluding hydrogens is 344 g/mol. The molecule has 0 aliphatic heterocycles. The highest BCUT2D eigenvalue weighted by atomic mass is 32.2. The van der Waals surface area contributed by atoms with Crippen molar-refractivity contribution >= 4 is 23.4 Å². The standard InChI is InChI=1S/C20H22N4OS/c1-14-9-10-18(11-15(14)2)21-19(25)13-26-20-23-22-16(3)24(20)12-17-7-5-4-6-8-17/h4-11H,12-13H2,1-3H3,(H,21,25). The zero-order chi connectivity index (χ0) is 18.5. The van der Waals surface area contributed by atoms with Gasteiger partial charge in [0.25, 0.3) is 0 Å². The number of hydrogen-bond donors (Lipinski definition) is 1. The van der Waals surface area contributed by atoms with E-state index < -0.39 is 0 Å². The van der Waals surface area contributed by atoms with Crippen molar-refractivity contribution in [2.75, 3.05) is 11.1 Å². The first-order valence-corrected chi connectivity index (χ1v) is 9.45. The van der Waals surface area contributed by atoms with Crippen molar-refractivity contribution in [1.29, 1.82) is 0 Å². The van der Waals surface area contributed by atoms with E-state index in [-0.39, 0.29) is 5.91 Å². The van der Waals surface area contributed by atoms with Gasteiger partial charge in [0.15, 0.2) is 5.16 Å². The summed E-state index contributed by atoms with van der Waals surface area (Å²) in [7, 11) is 0. The predicted octanol–water partition coefficient (Wildman–Crippen LogP) is 3.98. The Morgan fingerprint density at radius 2 is 1.81 bits per heavy atom. The van der Waals surface area contributed by atoms with Crippen LogP contribution in [0.5, 0.6) is 0 Å². The highest BCUT2D eigenvalue weighted by molar-refractivity contribution is 7.99. The Bertz CT molecular complexity index is 905. The number of aromatic nitrogens is 3. The molecule has 3 rings (SSSR count). The van der Waals surface area contributed by atoms with E-state index in [0.717, 1.165) is 22.2 Å². The maximum Gasteiger partial charge on any atom is 0.234 e. The molecule has 1 amide bonds. The van der Waals surface area contributed by atoms with E-state index in [4.69, 9.17) is 0 Å². The summed E-state index contributed by atoms with van der Waals surface area (Å²) in [5, 5.41) is 12.1. The topological polar surface area (TPSA) is 59.8 Å². The lowest BCUT2D eigenvalue weighted by atomic mass is 10.1. The molecule has 26 heavy (non-hydrogen) atoms. The average Bonchev–Trinajstić information content (AvgIpc) is 2.97. The zero-order valence-electron chi connectivity index (χ0n) is 15.2. The molecule has 0 bridgehead atoms. The van der Waals surface area contributed by atoms with Gasteiger partial charge in [0.2, 0.25) is 5.91 Å². The summed E-state index contributed by atoms with van der Waals surface area (Å²) in [5.74, 6) is 1.08. The number of amides is 1. The van der Waals surface area contributed by atoms with Crippen LogP contribution >= 0.6 is 11.8 Å². The number of anilines is 1. The van der Waals surface area contributed by atoms with Crippen LogP contribution in [0.4, 0.5) is 5.69 Å². The van der Waals surface area contributed by atoms with Crippen LogP contribution < -0.4 is 5.32 Å². The molecule has 2 aromatic carbocycles. The van der Waals surface area contributed by atoms with Crippen LogP contribution in [0.1, 0.15) is 22.5 Å². The SMILES string of the molecule is Cc1ccc(NC(=O)CSc2nnc(C)n2Cc2ccccc2)cc1C. The Kier molecular flexibility index (Phi) is 5.73. The fourth-order valence-electron chi connectivity index (χ4n) is 2.56. The normalized spacial score (nSPS) is 10.7. The van der Waals surface area contributed by atoms with Crippen LogP contribution in [0.3, 0.4) is 0 Å². The summed E-state index contributed by atoms with van der Waals surface area (Å²) in [6.07, 6.45) is 0. The molecule has 1 aromatic heterocycles. The number of nitrogens with zero attached hydrogens (tertiary/aromatic N) is 3. The molecule has 0 unspecified atom stereocenters. The van der Waals surface area contributed by atoms with Gasteiger partial charge < -0.3 is 9.88 Å². The Labute approximate surface area is 157 Å². The second-order valence-corrected chi connectivity index (χ2v) is 7.18. The van der Waals surface area contributed by atoms with Gasteiger partial charge in [-0.2, -0.15) is 0 Å². The lowest BCUT2D eigenvalue weighted by Gasteiger charge is -2.09. The second kappa shape index (κ2) is 8.19. The molecular formula is C20H22N4OS. The van der Waals surface area contributed by atoms with Crippen molar-refractivity contribution < 1.29 is 4.79 Å². The van der Waals surface area contributed by atoms with E-state index in [0.29, 0.717) is 12.3 Å². The lowest BCUT2D eigenvalue weighted by molar-refractivity contribution is -0.113. The van der Waals surface area contributed by atoms with Gasteiger partial charge >= 0.3 is 0 Å². The van der Waals surface area contributed by atoms with E-state index in [1.807, 2.05) is 54.8 Å². The Balaban J connectivity index is 1.62. The Morgan fingerprint density at radius 3 is 2.54 bits per heavy atom. The number of aryl methyl sites for hydroxylation is 3. The van der Waals surface area contributed by atoms with Crippen molar-refractivity contribution in [2.45, 2.75) is 32.5 Å². The fourth-order valence-corrected chi connectivity index (χ4v) is 3.35. The summed E-state index contributed by atoms with van der Waals surface area (Å²) >= 11 is 1.40. The molecule has 0 saturated heterocycles. The molecule has 0 saturated carbocycles. The third-order valence-electron chi connectivity index (χ3n) is 4.21. The minimum absolute atomic E-state index is 0.0508. The molecule has 134 valence electrons. The molecule has 0 spiro atoms. The Morgan fingerprint density at radius 1 is 1.04 bits per heavy atom. The number of carbonyl (C=O) groups excluding carboxylic acids is 1. The number of thioether (sulfide) groups is 1. The van der Waals surface area contributed by atoms with Crippen molar-refractivity contribution in [2.24, 2.45) is 0 Å². The summed E-state index contributed by atoms with van der Waals surface area (Å²) in [6.45, 7) is 6.71. The van der Waals surface area contributed by atoms with Crippen LogP contribution in [0, 0.1) is 20.8 Å². The van der Waals surface area contributed by atoms with Gasteiger partial charge in [-0.15, -0.1) is 10.2 Å². The maximum absolute atomic E-state index is 12.3. The number of hydrogen-bond acceptors (Lipinski definition) is 4. The predicted molar refractivity (Wildman–Crippen MR) is 106 cm³/mol. The first-order chi connectivity index (χ1) is 12.5. The van der Waals surface area contributed by atoms with Gasteiger partial charge in [0.05, 0.1) is 12.3 Å². The molecule has 0 atom stereocenters. The average molecular weight is 366 g/mol. The van der Waals surface area contributed by atoms with Gasteiger partial charge in [0, 0.05) is 5.69 Å². The van der Waals surface area contributed by atoms with Gasteiger partial charge in [-0.05, 0) is 49.6 Å². The van der Waals surface area contributed by atoms with E-state index in [2.05, 4.69) is 34.6 Å². The molecule has 1 N–H and O–H groups in total. The van der Waals surface area contributed by atoms with Crippen molar-refractivity contribution in [3.63, 3.8) is 0 Å². The monoisotopic (exact) mass is 366 g/mol. The van der Waals surface area contributed by atoms with E-state index >= 15 is 0 Å². The summed E-state index contributed by atoms with van der Waals surface area (Å²) in [5.41, 5.74) is 4.37. The van der Waals surface area contributed by atoms with Gasteiger partial charge in [0.1, 0.15) is 5.82 Å². The summed E-state index contributed by atoms with van der Waals surface area (Å²) < 4.78 is 2.03. The van der Waals surface area contributed by atoms with Crippen LogP contribution in [0.2, 0.25) is 0 Å². The van der Waals surface area contributed by atoms with Gasteiger partial charge in [-0.25, -0.2) is 0 Å². The molecule has 3 aromatic rings. The third kappa shape index (κ3) is 4.52. The van der Waals surface area contributed by atoms with Crippen molar-refractivity contribution in [3.05, 3.63) is 71.0 Å². The minimum atomic E-state index is -0.0508. The van der Waals surface area contributed by atoms with E-state index in [9.17, 15) is 4.79 Å². The van der Waals surface area contributed by atoms with Crippen LogP contribution in [-0.4, -0.2) is 26.4 Å². The smallest absolute Gasteiger partial charge is 0.234 e. The third-order valence-corrected chi connectivity index (χ3v) is 5.18. The first kappa shape index (κ1) is 18.2. The lowest BCUT2D eigenvalue weighted by Crippen LogP contribution is -2.15. The molecule has 6 heteroatoms. The number of benzene rings is 2. The van der Waals surface area contributed by atoms with Crippen LogP contribution in [-0.2, 0) is 11.3 Å². The number of rotatable bonds is 6. The molecule has 0 aliphatic rings. The van der Waals surface area contributed by atoms with E-state index in [1.165, 1.54) is 22.9 Å². The quantitative estimate of drug-likeness (QED) is 0.670. The van der Waals surface area contributed by atoms with Crippen LogP contribution in [0.15, 0.2) is 53.7 Å². The highest BCUT2D eigenvalue weighted by Crippen LogP contribution is 2.20. The molecule has 0 aliphatic carbocycles. The minimum Gasteiger partial charge on any atom is -0.325 e. The zero-order valence-corrected chi connectivity index (χ0v) is 16.0.